The first-order valence-electron chi connectivity index (χ1n) is 10.3. The minimum absolute atomic E-state index is 0.731. The van der Waals surface area contributed by atoms with Crippen molar-refractivity contribution in [2.45, 2.75) is 26.8 Å². The highest BCUT2D eigenvalue weighted by atomic mass is 15.3. The van der Waals surface area contributed by atoms with Gasteiger partial charge in [0.25, 0.3) is 0 Å². The van der Waals surface area contributed by atoms with Crippen molar-refractivity contribution in [1.82, 2.24) is 35.3 Å². The summed E-state index contributed by atoms with van der Waals surface area (Å²) in [7, 11) is 3.79. The number of nitrogens with zero attached hydrogens (tertiary/aromatic N) is 7. The van der Waals surface area contributed by atoms with E-state index in [1.807, 2.05) is 31.8 Å². The summed E-state index contributed by atoms with van der Waals surface area (Å²) in [6, 6.07) is 1.86. The van der Waals surface area contributed by atoms with E-state index in [2.05, 4.69) is 47.4 Å². The molecule has 0 amide bonds. The molecule has 0 spiro atoms. The van der Waals surface area contributed by atoms with Gasteiger partial charge < -0.3 is 15.5 Å². The van der Waals surface area contributed by atoms with E-state index in [0.29, 0.717) is 0 Å². The van der Waals surface area contributed by atoms with Gasteiger partial charge in [0.2, 0.25) is 5.95 Å². The molecule has 9 heteroatoms. The highest BCUT2D eigenvalue weighted by Gasteiger charge is 2.18. The first-order valence-corrected chi connectivity index (χ1v) is 10.3. The lowest BCUT2D eigenvalue weighted by molar-refractivity contribution is 0.254. The normalized spacial score (nSPS) is 15.6. The highest BCUT2D eigenvalue weighted by Crippen LogP contribution is 2.11. The lowest BCUT2D eigenvalue weighted by Crippen LogP contribution is -2.47. The molecule has 0 saturated carbocycles. The molecule has 0 unspecified atom stereocenters. The summed E-state index contributed by atoms with van der Waals surface area (Å²) in [5, 5.41) is 11.3. The van der Waals surface area contributed by atoms with E-state index in [4.69, 9.17) is 0 Å². The van der Waals surface area contributed by atoms with Crippen LogP contribution in [-0.2, 0) is 13.6 Å². The van der Waals surface area contributed by atoms with Crippen molar-refractivity contribution in [1.29, 1.82) is 0 Å². The van der Waals surface area contributed by atoms with E-state index >= 15 is 0 Å². The third-order valence-electron chi connectivity index (χ3n) is 5.47. The molecule has 3 heterocycles. The number of piperazine rings is 1. The van der Waals surface area contributed by atoms with Gasteiger partial charge in [-0.1, -0.05) is 0 Å². The summed E-state index contributed by atoms with van der Waals surface area (Å²) in [6.07, 6.45) is 4.68. The van der Waals surface area contributed by atoms with E-state index in [0.717, 1.165) is 69.8 Å². The quantitative estimate of drug-likeness (QED) is 0.403. The SMILES string of the molecule is CN=C(NCCCN1CCN(c2ncccn2)CC1)NCc1c(C)nn(C)c1C. The Balaban J connectivity index is 1.33. The summed E-state index contributed by atoms with van der Waals surface area (Å²) in [4.78, 5) is 17.8. The molecule has 2 aromatic heterocycles. The van der Waals surface area contributed by atoms with E-state index < -0.39 is 0 Å². The molecule has 3 rings (SSSR count). The molecular weight excluding hydrogens is 366 g/mol. The van der Waals surface area contributed by atoms with Crippen molar-refractivity contribution in [3.63, 3.8) is 0 Å². The lowest BCUT2D eigenvalue weighted by atomic mass is 10.2. The molecule has 158 valence electrons. The summed E-state index contributed by atoms with van der Waals surface area (Å²) in [5.74, 6) is 1.67. The molecule has 0 atom stereocenters. The Kier molecular flexibility index (Phi) is 7.40. The molecule has 2 aromatic rings. The third kappa shape index (κ3) is 5.66. The number of rotatable bonds is 7. The molecule has 1 aliphatic heterocycles. The van der Waals surface area contributed by atoms with Gasteiger partial charge in [-0.2, -0.15) is 5.10 Å². The van der Waals surface area contributed by atoms with Crippen LogP contribution < -0.4 is 15.5 Å². The minimum Gasteiger partial charge on any atom is -0.356 e. The molecule has 0 aliphatic carbocycles. The van der Waals surface area contributed by atoms with Crippen LogP contribution in [0.3, 0.4) is 0 Å². The van der Waals surface area contributed by atoms with Crippen LogP contribution in [-0.4, -0.2) is 76.9 Å². The number of nitrogens with one attached hydrogen (secondary N) is 2. The number of guanidine groups is 1. The Labute approximate surface area is 173 Å². The van der Waals surface area contributed by atoms with E-state index in [1.165, 1.54) is 11.3 Å². The summed E-state index contributed by atoms with van der Waals surface area (Å²) in [5.41, 5.74) is 3.48. The van der Waals surface area contributed by atoms with E-state index in [9.17, 15) is 0 Å². The van der Waals surface area contributed by atoms with Crippen molar-refractivity contribution in [2.24, 2.45) is 12.0 Å². The Hall–Kier alpha value is -2.68. The third-order valence-corrected chi connectivity index (χ3v) is 5.47. The van der Waals surface area contributed by atoms with Gasteiger partial charge in [-0.15, -0.1) is 0 Å². The average Bonchev–Trinajstić information content (AvgIpc) is 3.00. The maximum Gasteiger partial charge on any atom is 0.225 e. The maximum absolute atomic E-state index is 4.47. The zero-order valence-corrected chi connectivity index (χ0v) is 18.0. The largest absolute Gasteiger partial charge is 0.356 e. The monoisotopic (exact) mass is 399 g/mol. The van der Waals surface area contributed by atoms with Crippen LogP contribution in [0.2, 0.25) is 0 Å². The van der Waals surface area contributed by atoms with Gasteiger partial charge in [-0.05, 0) is 32.9 Å². The molecule has 0 bridgehead atoms. The van der Waals surface area contributed by atoms with Crippen molar-refractivity contribution >= 4 is 11.9 Å². The maximum atomic E-state index is 4.47. The van der Waals surface area contributed by atoms with Crippen molar-refractivity contribution in [2.75, 3.05) is 51.2 Å². The van der Waals surface area contributed by atoms with Crippen LogP contribution in [0.5, 0.6) is 0 Å². The second-order valence-corrected chi connectivity index (χ2v) is 7.36. The van der Waals surface area contributed by atoms with Crippen molar-refractivity contribution in [3.05, 3.63) is 35.4 Å². The zero-order chi connectivity index (χ0) is 20.6. The number of anilines is 1. The van der Waals surface area contributed by atoms with Crippen molar-refractivity contribution < 1.29 is 0 Å². The zero-order valence-electron chi connectivity index (χ0n) is 18.0. The topological polar surface area (TPSA) is 86.5 Å². The molecule has 0 radical (unpaired) electrons. The van der Waals surface area contributed by atoms with Gasteiger partial charge in [0, 0.05) is 77.0 Å². The second kappa shape index (κ2) is 10.2. The fraction of sp³-hybridized carbons (Fsp3) is 0.600. The van der Waals surface area contributed by atoms with Gasteiger partial charge in [-0.25, -0.2) is 9.97 Å². The molecule has 2 N–H and O–H groups in total. The number of hydrogen-bond acceptors (Lipinski definition) is 6. The Morgan fingerprint density at radius 3 is 2.45 bits per heavy atom. The summed E-state index contributed by atoms with van der Waals surface area (Å²) >= 11 is 0. The van der Waals surface area contributed by atoms with Crippen LogP contribution in [0.4, 0.5) is 5.95 Å². The number of hydrogen-bond donors (Lipinski definition) is 2. The predicted octanol–water partition coefficient (Wildman–Crippen LogP) is 0.704. The minimum atomic E-state index is 0.731. The van der Waals surface area contributed by atoms with Gasteiger partial charge in [0.05, 0.1) is 5.69 Å². The number of aryl methyl sites for hydroxylation is 2. The van der Waals surface area contributed by atoms with E-state index in [-0.39, 0.29) is 0 Å². The van der Waals surface area contributed by atoms with Crippen LogP contribution in [0.1, 0.15) is 23.4 Å². The fourth-order valence-electron chi connectivity index (χ4n) is 3.60. The Bertz CT molecular complexity index is 792. The van der Waals surface area contributed by atoms with Crippen LogP contribution >= 0.6 is 0 Å². The first-order chi connectivity index (χ1) is 14.1. The fourth-order valence-corrected chi connectivity index (χ4v) is 3.60. The Morgan fingerprint density at radius 1 is 1.10 bits per heavy atom. The molecule has 1 fully saturated rings. The second-order valence-electron chi connectivity index (χ2n) is 7.36. The molecular formula is C20H33N9. The lowest BCUT2D eigenvalue weighted by Gasteiger charge is -2.34. The standard InChI is InChI=1S/C20H33N9/c1-16-18(17(2)27(4)26-16)15-25-19(21-3)22-9-6-10-28-11-13-29(14-12-28)20-23-7-5-8-24-20/h5,7-8H,6,9-15H2,1-4H3,(H2,21,22,25). The highest BCUT2D eigenvalue weighted by molar-refractivity contribution is 5.79. The first kappa shape index (κ1) is 21.0. The van der Waals surface area contributed by atoms with Crippen LogP contribution in [0.25, 0.3) is 0 Å². The Morgan fingerprint density at radius 2 is 1.83 bits per heavy atom. The van der Waals surface area contributed by atoms with Gasteiger partial charge in [0.15, 0.2) is 5.96 Å². The molecule has 29 heavy (non-hydrogen) atoms. The van der Waals surface area contributed by atoms with Crippen molar-refractivity contribution in [3.8, 4) is 0 Å². The van der Waals surface area contributed by atoms with Gasteiger partial charge >= 0.3 is 0 Å². The van der Waals surface area contributed by atoms with Gasteiger partial charge in [0.1, 0.15) is 0 Å². The molecule has 9 nitrogen and oxygen atoms in total. The van der Waals surface area contributed by atoms with E-state index in [1.54, 1.807) is 12.4 Å². The van der Waals surface area contributed by atoms with Gasteiger partial charge in [-0.3, -0.25) is 14.6 Å². The summed E-state index contributed by atoms with van der Waals surface area (Å²) in [6.45, 7) is 10.9. The summed E-state index contributed by atoms with van der Waals surface area (Å²) < 4.78 is 1.92. The molecule has 1 aliphatic rings. The molecule has 0 aromatic carbocycles. The number of aliphatic imine (C=N–C) groups is 1. The average molecular weight is 400 g/mol. The smallest absolute Gasteiger partial charge is 0.225 e. The predicted molar refractivity (Wildman–Crippen MR) is 116 cm³/mol. The van der Waals surface area contributed by atoms with Crippen LogP contribution in [0.15, 0.2) is 23.5 Å². The number of aromatic nitrogens is 4. The molecule has 1 saturated heterocycles. The van der Waals surface area contributed by atoms with Crippen LogP contribution in [0, 0.1) is 13.8 Å².